The van der Waals surface area contributed by atoms with Gasteiger partial charge in [-0.2, -0.15) is 0 Å². The molecule has 0 heterocycles. The number of benzene rings is 3. The first kappa shape index (κ1) is 9.04. The predicted molar refractivity (Wildman–Crippen MR) is 70.3 cm³/mol. The molecule has 2 nitrogen and oxygen atoms in total. The molecule has 0 saturated heterocycles. The Bertz CT molecular complexity index is 687. The van der Waals surface area contributed by atoms with E-state index in [1.165, 1.54) is 0 Å². The highest BCUT2D eigenvalue weighted by Crippen LogP contribution is 2.31. The maximum absolute atomic E-state index is 6.17. The summed E-state index contributed by atoms with van der Waals surface area (Å²) in [7, 11) is 0. The smallest absolute Gasteiger partial charge is 0.0474 e. The zero-order chi connectivity index (χ0) is 11.1. The van der Waals surface area contributed by atoms with E-state index in [4.69, 9.17) is 11.5 Å². The van der Waals surface area contributed by atoms with Crippen LogP contribution >= 0.6 is 0 Å². The Kier molecular flexibility index (Phi) is 1.77. The minimum atomic E-state index is 0.745. The van der Waals surface area contributed by atoms with Crippen molar-refractivity contribution < 1.29 is 0 Å². The second-order valence-corrected chi connectivity index (χ2v) is 3.99. The maximum atomic E-state index is 6.17. The maximum Gasteiger partial charge on any atom is 0.0474 e. The molecule has 0 radical (unpaired) electrons. The molecule has 0 aromatic heterocycles. The van der Waals surface area contributed by atoms with E-state index in [0.717, 1.165) is 32.9 Å². The second kappa shape index (κ2) is 3.14. The average Bonchev–Trinajstić information content (AvgIpc) is 2.31. The zero-order valence-electron chi connectivity index (χ0n) is 8.77. The molecule has 0 fully saturated rings. The molecule has 4 N–H and O–H groups in total. The first-order valence-corrected chi connectivity index (χ1v) is 5.22. The lowest BCUT2D eigenvalue weighted by Gasteiger charge is -2.07. The number of nitrogen functional groups attached to an aromatic ring is 2. The van der Waals surface area contributed by atoms with Crippen LogP contribution in [-0.4, -0.2) is 0 Å². The second-order valence-electron chi connectivity index (χ2n) is 3.99. The first-order chi connectivity index (χ1) is 7.75. The standard InChI is InChI=1S/C14H12N2/c15-11-6-5-10-7-9-3-1-2-4-12(9)14(16)13(10)8-11/h1-8H,15-16H2. The molecule has 0 amide bonds. The summed E-state index contributed by atoms with van der Waals surface area (Å²) in [5, 5.41) is 4.40. The summed E-state index contributed by atoms with van der Waals surface area (Å²) in [6, 6.07) is 16.1. The summed E-state index contributed by atoms with van der Waals surface area (Å²) in [4.78, 5) is 0. The Balaban J connectivity index is 2.56. The van der Waals surface area contributed by atoms with Crippen molar-refractivity contribution in [3.05, 3.63) is 48.5 Å². The van der Waals surface area contributed by atoms with Gasteiger partial charge in [-0.25, -0.2) is 0 Å². The predicted octanol–water partition coefficient (Wildman–Crippen LogP) is 3.16. The molecule has 78 valence electrons. The minimum Gasteiger partial charge on any atom is -0.399 e. The van der Waals surface area contributed by atoms with Crippen LogP contribution in [0.1, 0.15) is 0 Å². The Morgan fingerprint density at radius 2 is 1.44 bits per heavy atom. The lowest BCUT2D eigenvalue weighted by Crippen LogP contribution is -1.91. The van der Waals surface area contributed by atoms with Crippen molar-refractivity contribution in [2.75, 3.05) is 11.5 Å². The van der Waals surface area contributed by atoms with Gasteiger partial charge in [0.1, 0.15) is 0 Å². The number of hydrogen-bond donors (Lipinski definition) is 2. The fraction of sp³-hybridized carbons (Fsp3) is 0. The van der Waals surface area contributed by atoms with Gasteiger partial charge in [0, 0.05) is 22.1 Å². The number of anilines is 2. The first-order valence-electron chi connectivity index (χ1n) is 5.22. The Labute approximate surface area is 93.5 Å². The van der Waals surface area contributed by atoms with Gasteiger partial charge >= 0.3 is 0 Å². The van der Waals surface area contributed by atoms with E-state index in [1.54, 1.807) is 0 Å². The van der Waals surface area contributed by atoms with E-state index in [1.807, 2.05) is 36.4 Å². The SMILES string of the molecule is Nc1ccc2cc3ccccc3c(N)c2c1. The molecule has 0 saturated carbocycles. The molecule has 0 atom stereocenters. The summed E-state index contributed by atoms with van der Waals surface area (Å²) in [6.07, 6.45) is 0. The van der Waals surface area contributed by atoms with Gasteiger partial charge in [-0.15, -0.1) is 0 Å². The van der Waals surface area contributed by atoms with E-state index in [-0.39, 0.29) is 0 Å². The largest absolute Gasteiger partial charge is 0.399 e. The van der Waals surface area contributed by atoms with Gasteiger partial charge in [0.15, 0.2) is 0 Å². The van der Waals surface area contributed by atoms with Crippen LogP contribution in [0.2, 0.25) is 0 Å². The minimum absolute atomic E-state index is 0.745. The van der Waals surface area contributed by atoms with Crippen molar-refractivity contribution in [1.82, 2.24) is 0 Å². The molecule has 3 aromatic carbocycles. The lowest BCUT2D eigenvalue weighted by atomic mass is 10.0. The molecule has 0 aliphatic carbocycles. The van der Waals surface area contributed by atoms with Crippen LogP contribution < -0.4 is 11.5 Å². The molecule has 3 aromatic rings. The molecule has 3 rings (SSSR count). The van der Waals surface area contributed by atoms with Gasteiger partial charge in [-0.1, -0.05) is 30.3 Å². The summed E-state index contributed by atoms with van der Waals surface area (Å²) in [5.41, 5.74) is 13.5. The number of fused-ring (bicyclic) bond motifs is 2. The average molecular weight is 208 g/mol. The van der Waals surface area contributed by atoms with Gasteiger partial charge in [0.25, 0.3) is 0 Å². The summed E-state index contributed by atoms with van der Waals surface area (Å²) in [5.74, 6) is 0. The quantitative estimate of drug-likeness (QED) is 0.440. The van der Waals surface area contributed by atoms with Crippen molar-refractivity contribution in [1.29, 1.82) is 0 Å². The van der Waals surface area contributed by atoms with E-state index < -0.39 is 0 Å². The van der Waals surface area contributed by atoms with Crippen LogP contribution in [0.3, 0.4) is 0 Å². The number of nitrogens with two attached hydrogens (primary N) is 2. The number of rotatable bonds is 0. The highest BCUT2D eigenvalue weighted by Gasteiger charge is 2.04. The normalized spacial score (nSPS) is 11.0. The van der Waals surface area contributed by atoms with Crippen molar-refractivity contribution >= 4 is 32.9 Å². The monoisotopic (exact) mass is 208 g/mol. The van der Waals surface area contributed by atoms with Crippen molar-refractivity contribution in [3.63, 3.8) is 0 Å². The molecule has 0 aliphatic heterocycles. The van der Waals surface area contributed by atoms with E-state index >= 15 is 0 Å². The number of hydrogen-bond acceptors (Lipinski definition) is 2. The van der Waals surface area contributed by atoms with E-state index in [2.05, 4.69) is 12.1 Å². The van der Waals surface area contributed by atoms with Gasteiger partial charge < -0.3 is 11.5 Å². The van der Waals surface area contributed by atoms with Crippen molar-refractivity contribution in [2.45, 2.75) is 0 Å². The Hall–Kier alpha value is -2.22. The molecular formula is C14H12N2. The molecule has 0 unspecified atom stereocenters. The highest BCUT2D eigenvalue weighted by atomic mass is 14.6. The lowest BCUT2D eigenvalue weighted by molar-refractivity contribution is 1.73. The summed E-state index contributed by atoms with van der Waals surface area (Å²) < 4.78 is 0. The third-order valence-corrected chi connectivity index (χ3v) is 2.93. The van der Waals surface area contributed by atoms with Gasteiger partial charge in [0.2, 0.25) is 0 Å². The van der Waals surface area contributed by atoms with Crippen LogP contribution in [0.4, 0.5) is 11.4 Å². The fourth-order valence-corrected chi connectivity index (χ4v) is 2.11. The van der Waals surface area contributed by atoms with Crippen molar-refractivity contribution in [3.8, 4) is 0 Å². The van der Waals surface area contributed by atoms with Crippen LogP contribution in [-0.2, 0) is 0 Å². The highest BCUT2D eigenvalue weighted by molar-refractivity contribution is 6.10. The van der Waals surface area contributed by atoms with Gasteiger partial charge in [0.05, 0.1) is 0 Å². The zero-order valence-corrected chi connectivity index (χ0v) is 8.77. The van der Waals surface area contributed by atoms with Crippen LogP contribution in [0, 0.1) is 0 Å². The molecule has 0 aliphatic rings. The Morgan fingerprint density at radius 1 is 0.688 bits per heavy atom. The third kappa shape index (κ3) is 1.20. The van der Waals surface area contributed by atoms with Crippen LogP contribution in [0.25, 0.3) is 21.5 Å². The molecule has 0 spiro atoms. The van der Waals surface area contributed by atoms with E-state index in [0.29, 0.717) is 0 Å². The van der Waals surface area contributed by atoms with Gasteiger partial charge in [-0.3, -0.25) is 0 Å². The van der Waals surface area contributed by atoms with E-state index in [9.17, 15) is 0 Å². The molecular weight excluding hydrogens is 196 g/mol. The van der Waals surface area contributed by atoms with Gasteiger partial charge in [-0.05, 0) is 29.0 Å². The summed E-state index contributed by atoms with van der Waals surface area (Å²) >= 11 is 0. The fourth-order valence-electron chi connectivity index (χ4n) is 2.11. The Morgan fingerprint density at radius 3 is 2.31 bits per heavy atom. The van der Waals surface area contributed by atoms with Crippen LogP contribution in [0.15, 0.2) is 48.5 Å². The third-order valence-electron chi connectivity index (χ3n) is 2.93. The molecule has 2 heteroatoms. The molecule has 0 bridgehead atoms. The molecule has 16 heavy (non-hydrogen) atoms. The van der Waals surface area contributed by atoms with Crippen molar-refractivity contribution in [2.24, 2.45) is 0 Å². The topological polar surface area (TPSA) is 52.0 Å². The summed E-state index contributed by atoms with van der Waals surface area (Å²) in [6.45, 7) is 0. The van der Waals surface area contributed by atoms with Crippen LogP contribution in [0.5, 0.6) is 0 Å².